The number of nitrogens with zero attached hydrogens (tertiary/aromatic N) is 7. The summed E-state index contributed by atoms with van der Waals surface area (Å²) in [5.41, 5.74) is -1.48. The Balaban J connectivity index is 1.75. The molecule has 206 valence electrons. The van der Waals surface area contributed by atoms with E-state index in [0.717, 1.165) is 16.8 Å². The van der Waals surface area contributed by atoms with Crippen LogP contribution in [0.25, 0.3) is 40.1 Å². The van der Waals surface area contributed by atoms with Crippen LogP contribution in [0.1, 0.15) is 18.3 Å². The van der Waals surface area contributed by atoms with E-state index in [4.69, 9.17) is 11.6 Å². The number of hydrogen-bond donors (Lipinski definition) is 0. The number of sulfone groups is 1. The van der Waals surface area contributed by atoms with Gasteiger partial charge in [0.05, 0.1) is 33.1 Å². The van der Waals surface area contributed by atoms with Gasteiger partial charge in [-0.15, -0.1) is 0 Å². The van der Waals surface area contributed by atoms with Gasteiger partial charge in [0.1, 0.15) is 17.7 Å². The predicted octanol–water partition coefficient (Wildman–Crippen LogP) is 4.48. The number of benzene rings is 1. The number of rotatable bonds is 6. The Morgan fingerprint density at radius 1 is 1.07 bits per heavy atom. The second kappa shape index (κ2) is 9.71. The third-order valence-electron chi connectivity index (χ3n) is 6.12. The van der Waals surface area contributed by atoms with E-state index >= 15 is 0 Å². The van der Waals surface area contributed by atoms with Crippen molar-refractivity contribution in [3.8, 4) is 23.0 Å². The van der Waals surface area contributed by atoms with Crippen LogP contribution in [0.15, 0.2) is 65.1 Å². The summed E-state index contributed by atoms with van der Waals surface area (Å²) in [5, 5.41) is 4.58. The molecule has 15 heteroatoms. The molecule has 0 unspecified atom stereocenters. The van der Waals surface area contributed by atoms with E-state index in [0.29, 0.717) is 10.7 Å². The van der Waals surface area contributed by atoms with Crippen molar-refractivity contribution in [3.63, 3.8) is 0 Å². The number of imidazole rings is 1. The van der Waals surface area contributed by atoms with Crippen molar-refractivity contribution in [1.82, 2.24) is 33.9 Å². The van der Waals surface area contributed by atoms with Gasteiger partial charge in [-0.2, -0.15) is 23.0 Å². The van der Waals surface area contributed by atoms with Crippen molar-refractivity contribution < 1.29 is 21.6 Å². The molecule has 1 aromatic carbocycles. The number of fused-ring (bicyclic) bond motifs is 1. The van der Waals surface area contributed by atoms with Crippen molar-refractivity contribution in [2.75, 3.05) is 5.75 Å². The molecular formula is C25H19ClF3N7O3S. The SMILES string of the molecule is C=Cc1nc(C(F)(F)F)cc2nc(-c3nc(-n4ncn(-c5ccc(Cl)cc5)c4=O)ccc3S(=O)(=O)CC)n(C)c12. The zero-order valence-corrected chi connectivity index (χ0v) is 22.5. The van der Waals surface area contributed by atoms with Crippen molar-refractivity contribution >= 4 is 38.5 Å². The highest BCUT2D eigenvalue weighted by Gasteiger charge is 2.34. The molecule has 0 spiro atoms. The van der Waals surface area contributed by atoms with Crippen LogP contribution in [0.4, 0.5) is 13.2 Å². The Hall–Kier alpha value is -4.30. The standard InChI is InChI=1S/C25H19ClF3N7O3S/c1-4-16-22-17(12-19(31-16)25(27,28)29)32-23(34(22)3)21-18(40(38,39)5-2)10-11-20(33-21)36-24(37)35(13-30-36)15-8-6-14(26)7-9-15/h4,6-13H,1,5H2,2-3H3. The first kappa shape index (κ1) is 27.3. The van der Waals surface area contributed by atoms with E-state index in [-0.39, 0.29) is 44.7 Å². The maximum Gasteiger partial charge on any atom is 0.433 e. The molecule has 4 heterocycles. The third-order valence-corrected chi connectivity index (χ3v) is 8.14. The van der Waals surface area contributed by atoms with Gasteiger partial charge in [0.15, 0.2) is 21.5 Å². The fraction of sp³-hybridized carbons (Fsp3) is 0.160. The van der Waals surface area contributed by atoms with Crippen LogP contribution in [0.2, 0.25) is 5.02 Å². The lowest BCUT2D eigenvalue weighted by Gasteiger charge is -2.11. The maximum atomic E-state index is 13.5. The molecule has 0 radical (unpaired) electrons. The fourth-order valence-corrected chi connectivity index (χ4v) is 5.27. The van der Waals surface area contributed by atoms with E-state index in [9.17, 15) is 26.4 Å². The largest absolute Gasteiger partial charge is 0.433 e. The molecule has 0 saturated heterocycles. The molecular weight excluding hydrogens is 571 g/mol. The normalized spacial score (nSPS) is 12.2. The summed E-state index contributed by atoms with van der Waals surface area (Å²) in [4.78, 5) is 25.4. The van der Waals surface area contributed by atoms with Gasteiger partial charge < -0.3 is 4.57 Å². The molecule has 0 N–H and O–H groups in total. The Bertz CT molecular complexity index is 1960. The van der Waals surface area contributed by atoms with Crippen molar-refractivity contribution in [2.24, 2.45) is 7.05 Å². The molecule has 0 bridgehead atoms. The molecule has 10 nitrogen and oxygen atoms in total. The number of aryl methyl sites for hydroxylation is 1. The molecule has 0 atom stereocenters. The average Bonchev–Trinajstić information content (AvgIpc) is 3.47. The lowest BCUT2D eigenvalue weighted by molar-refractivity contribution is -0.141. The minimum Gasteiger partial charge on any atom is -0.324 e. The van der Waals surface area contributed by atoms with Crippen molar-refractivity contribution in [2.45, 2.75) is 18.0 Å². The minimum atomic E-state index is -4.75. The van der Waals surface area contributed by atoms with Gasteiger partial charge in [-0.1, -0.05) is 25.1 Å². The first-order valence-electron chi connectivity index (χ1n) is 11.6. The van der Waals surface area contributed by atoms with Gasteiger partial charge in [0, 0.05) is 12.1 Å². The summed E-state index contributed by atoms with van der Waals surface area (Å²) >= 11 is 5.93. The predicted molar refractivity (Wildman–Crippen MR) is 142 cm³/mol. The highest BCUT2D eigenvalue weighted by Crippen LogP contribution is 2.34. The van der Waals surface area contributed by atoms with Gasteiger partial charge in [-0.25, -0.2) is 32.7 Å². The molecule has 0 aliphatic carbocycles. The van der Waals surface area contributed by atoms with Gasteiger partial charge in [0.25, 0.3) is 0 Å². The Morgan fingerprint density at radius 2 is 1.77 bits per heavy atom. The number of hydrogen-bond acceptors (Lipinski definition) is 7. The highest BCUT2D eigenvalue weighted by molar-refractivity contribution is 7.91. The van der Waals surface area contributed by atoms with Crippen LogP contribution < -0.4 is 5.69 Å². The van der Waals surface area contributed by atoms with Crippen LogP contribution in [0, 0.1) is 0 Å². The molecule has 40 heavy (non-hydrogen) atoms. The van der Waals surface area contributed by atoms with Crippen LogP contribution >= 0.6 is 11.6 Å². The number of pyridine rings is 2. The van der Waals surface area contributed by atoms with Crippen molar-refractivity contribution in [1.29, 1.82) is 0 Å². The molecule has 0 fully saturated rings. The lowest BCUT2D eigenvalue weighted by Crippen LogP contribution is -2.23. The van der Waals surface area contributed by atoms with Gasteiger partial charge in [0.2, 0.25) is 0 Å². The van der Waals surface area contributed by atoms with Crippen LogP contribution in [-0.4, -0.2) is 48.0 Å². The lowest BCUT2D eigenvalue weighted by atomic mass is 10.2. The van der Waals surface area contributed by atoms with Crippen LogP contribution in [-0.2, 0) is 23.1 Å². The summed E-state index contributed by atoms with van der Waals surface area (Å²) in [5.74, 6) is -0.375. The summed E-state index contributed by atoms with van der Waals surface area (Å²) in [6.07, 6.45) is -2.33. The average molecular weight is 590 g/mol. The van der Waals surface area contributed by atoms with E-state index in [1.54, 1.807) is 24.3 Å². The molecule has 5 aromatic rings. The van der Waals surface area contributed by atoms with Gasteiger partial charge in [-0.05, 0) is 48.5 Å². The summed E-state index contributed by atoms with van der Waals surface area (Å²) in [6.45, 7) is 4.99. The van der Waals surface area contributed by atoms with Gasteiger partial charge >= 0.3 is 11.9 Å². The smallest absolute Gasteiger partial charge is 0.324 e. The zero-order valence-electron chi connectivity index (χ0n) is 20.9. The van der Waals surface area contributed by atoms with Crippen molar-refractivity contribution in [3.05, 3.63) is 82.3 Å². The Labute approximate surface area is 229 Å². The molecule has 4 aromatic heterocycles. The summed E-state index contributed by atoms with van der Waals surface area (Å²) in [7, 11) is -2.40. The maximum absolute atomic E-state index is 13.5. The number of halogens is 4. The van der Waals surface area contributed by atoms with Gasteiger partial charge in [-0.3, -0.25) is 0 Å². The molecule has 5 rings (SSSR count). The van der Waals surface area contributed by atoms with E-state index in [2.05, 4.69) is 26.6 Å². The zero-order chi connectivity index (χ0) is 29.0. The molecule has 0 amide bonds. The highest BCUT2D eigenvalue weighted by atomic mass is 35.5. The first-order valence-corrected chi connectivity index (χ1v) is 13.6. The van der Waals surface area contributed by atoms with Crippen LogP contribution in [0.5, 0.6) is 0 Å². The number of alkyl halides is 3. The summed E-state index contributed by atoms with van der Waals surface area (Å²) < 4.78 is 70.0. The quantitative estimate of drug-likeness (QED) is 0.287. The van der Waals surface area contributed by atoms with E-state index in [1.165, 1.54) is 41.6 Å². The Morgan fingerprint density at radius 3 is 2.40 bits per heavy atom. The first-order chi connectivity index (χ1) is 18.9. The van der Waals surface area contributed by atoms with Crippen LogP contribution in [0.3, 0.4) is 0 Å². The van der Waals surface area contributed by atoms with E-state index in [1.807, 2.05) is 0 Å². The number of aromatic nitrogens is 7. The second-order valence-electron chi connectivity index (χ2n) is 8.55. The summed E-state index contributed by atoms with van der Waals surface area (Å²) in [6, 6.07) is 9.78. The Kier molecular flexibility index (Phi) is 6.62. The van der Waals surface area contributed by atoms with E-state index < -0.39 is 27.4 Å². The molecule has 0 saturated carbocycles. The monoisotopic (exact) mass is 589 g/mol. The topological polar surface area (TPSA) is 118 Å². The third kappa shape index (κ3) is 4.58. The molecule has 0 aliphatic heterocycles. The fourth-order valence-electron chi connectivity index (χ4n) is 4.13. The molecule has 0 aliphatic rings. The second-order valence-corrected chi connectivity index (χ2v) is 11.2. The minimum absolute atomic E-state index is 0.0344.